The summed E-state index contributed by atoms with van der Waals surface area (Å²) in [6.07, 6.45) is 3.83. The molecule has 7 heteroatoms. The molecule has 2 N–H and O–H groups in total. The van der Waals surface area contributed by atoms with Crippen molar-refractivity contribution in [3.8, 4) is 28.3 Å². The Kier molecular flexibility index (Phi) is 7.54. The molecule has 2 heterocycles. The van der Waals surface area contributed by atoms with Gasteiger partial charge in [-0.25, -0.2) is 9.79 Å². The molecule has 3 aromatic carbocycles. The van der Waals surface area contributed by atoms with Gasteiger partial charge in [0.2, 0.25) is 0 Å². The van der Waals surface area contributed by atoms with Crippen LogP contribution in [0.15, 0.2) is 98.4 Å². The molecule has 1 aromatic heterocycles. The number of phenolic OH excluding ortho intramolecular Hbond substituents is 1. The number of nitrogens with one attached hydrogen (secondary N) is 1. The van der Waals surface area contributed by atoms with Gasteiger partial charge in [0.1, 0.15) is 11.6 Å². The monoisotopic (exact) mass is 508 g/mol. The molecule has 0 atom stereocenters. The lowest BCUT2D eigenvalue weighted by molar-refractivity contribution is 0.388. The van der Waals surface area contributed by atoms with Crippen LogP contribution >= 0.6 is 0 Å². The van der Waals surface area contributed by atoms with E-state index < -0.39 is 5.76 Å². The van der Waals surface area contributed by atoms with Gasteiger partial charge >= 0.3 is 5.76 Å². The number of para-hydroxylation sites is 1. The summed E-state index contributed by atoms with van der Waals surface area (Å²) >= 11 is 0. The Hall–Kier alpha value is -4.39. The van der Waals surface area contributed by atoms with Crippen LogP contribution in [0.3, 0.4) is 0 Å². The highest BCUT2D eigenvalue weighted by molar-refractivity contribution is 5.85. The summed E-state index contributed by atoms with van der Waals surface area (Å²) in [5, 5.41) is 14.2. The molecule has 0 saturated carbocycles. The van der Waals surface area contributed by atoms with Crippen molar-refractivity contribution >= 4 is 5.84 Å². The van der Waals surface area contributed by atoms with E-state index in [0.29, 0.717) is 18.0 Å². The Morgan fingerprint density at radius 3 is 2.45 bits per heavy atom. The van der Waals surface area contributed by atoms with Gasteiger partial charge in [-0.2, -0.15) is 0 Å². The first-order valence-corrected chi connectivity index (χ1v) is 13.0. The second-order valence-electron chi connectivity index (χ2n) is 9.67. The first-order chi connectivity index (χ1) is 18.5. The summed E-state index contributed by atoms with van der Waals surface area (Å²) in [5.41, 5.74) is 7.19. The maximum Gasteiger partial charge on any atom is 0.439 e. The quantitative estimate of drug-likeness (QED) is 0.276. The van der Waals surface area contributed by atoms with Crippen molar-refractivity contribution in [1.29, 1.82) is 0 Å². The van der Waals surface area contributed by atoms with Crippen molar-refractivity contribution in [1.82, 2.24) is 15.0 Å². The molecule has 0 spiro atoms. The van der Waals surface area contributed by atoms with E-state index in [1.54, 1.807) is 6.07 Å². The van der Waals surface area contributed by atoms with E-state index in [2.05, 4.69) is 53.2 Å². The zero-order chi connectivity index (χ0) is 26.5. The molecule has 0 radical (unpaired) electrons. The minimum absolute atomic E-state index is 0.325. The molecule has 1 aliphatic rings. The van der Waals surface area contributed by atoms with Crippen LogP contribution in [0.1, 0.15) is 44.2 Å². The highest BCUT2D eigenvalue weighted by Gasteiger charge is 2.21. The molecule has 7 nitrogen and oxygen atoms in total. The third kappa shape index (κ3) is 5.62. The van der Waals surface area contributed by atoms with E-state index in [0.717, 1.165) is 66.1 Å². The average molecular weight is 509 g/mol. The number of amidine groups is 1. The number of phenols is 1. The third-order valence-electron chi connectivity index (χ3n) is 6.97. The molecule has 0 fully saturated rings. The molecule has 0 aliphatic carbocycles. The maximum atomic E-state index is 11.5. The summed E-state index contributed by atoms with van der Waals surface area (Å²) in [6, 6.07) is 23.8. The summed E-state index contributed by atoms with van der Waals surface area (Å²) < 4.78 is 4.72. The van der Waals surface area contributed by atoms with Gasteiger partial charge in [-0.05, 0) is 47.2 Å². The highest BCUT2D eigenvalue weighted by atomic mass is 16.5. The van der Waals surface area contributed by atoms with E-state index in [1.807, 2.05) is 42.5 Å². The fourth-order valence-corrected chi connectivity index (χ4v) is 4.85. The highest BCUT2D eigenvalue weighted by Crippen LogP contribution is 2.31. The Morgan fingerprint density at radius 1 is 1.00 bits per heavy atom. The number of aromatic hydroxyl groups is 1. The number of nitrogens with zero attached hydrogens (tertiary/aromatic N) is 3. The van der Waals surface area contributed by atoms with Gasteiger partial charge in [0.05, 0.1) is 0 Å². The molecule has 0 bridgehead atoms. The normalized spacial score (nSPS) is 13.6. The largest absolute Gasteiger partial charge is 0.508 e. The number of aromatic nitrogens is 2. The zero-order valence-electron chi connectivity index (χ0n) is 21.8. The van der Waals surface area contributed by atoms with Crippen LogP contribution in [-0.4, -0.2) is 32.5 Å². The average Bonchev–Trinajstić information content (AvgIpc) is 3.37. The van der Waals surface area contributed by atoms with Gasteiger partial charge in [0, 0.05) is 37.2 Å². The van der Waals surface area contributed by atoms with Crippen molar-refractivity contribution in [3.05, 3.63) is 106 Å². The zero-order valence-corrected chi connectivity index (χ0v) is 21.8. The van der Waals surface area contributed by atoms with Crippen LogP contribution in [-0.2, 0) is 13.0 Å². The van der Waals surface area contributed by atoms with Crippen LogP contribution in [0.25, 0.3) is 22.5 Å². The smallest absolute Gasteiger partial charge is 0.439 e. The fraction of sp³-hybridized carbons (Fsp3) is 0.258. The van der Waals surface area contributed by atoms with E-state index in [4.69, 9.17) is 9.52 Å². The number of unbranched alkanes of at least 4 members (excludes halogenated alkanes) is 1. The first kappa shape index (κ1) is 25.3. The second kappa shape index (κ2) is 11.3. The fourth-order valence-electron chi connectivity index (χ4n) is 4.85. The van der Waals surface area contributed by atoms with Gasteiger partial charge in [-0.15, -0.1) is 0 Å². The molecule has 4 aromatic rings. The number of hydrogen-bond donors (Lipinski definition) is 2. The van der Waals surface area contributed by atoms with Crippen molar-refractivity contribution in [3.63, 3.8) is 0 Å². The van der Waals surface area contributed by atoms with Crippen molar-refractivity contribution < 1.29 is 9.63 Å². The SMILES string of the molecule is CCCCC1=NC(C)=C(Cc2ccccc2O)CN1Cc1ccc(-c2ccccc2-c2noc(=O)[nH]2)cc1. The van der Waals surface area contributed by atoms with Gasteiger partial charge in [0.25, 0.3) is 0 Å². The number of allylic oxidation sites excluding steroid dienone is 1. The predicted octanol–water partition coefficient (Wildman–Crippen LogP) is 6.32. The Bertz CT molecular complexity index is 1530. The summed E-state index contributed by atoms with van der Waals surface area (Å²) in [4.78, 5) is 21.5. The lowest BCUT2D eigenvalue weighted by Crippen LogP contribution is -2.35. The van der Waals surface area contributed by atoms with E-state index in [-0.39, 0.29) is 0 Å². The standard InChI is InChI=1S/C31H32N4O3/c1-3-4-13-29-32-21(2)25(18-24-9-5-8-12-28(24)36)20-35(29)19-22-14-16-23(17-15-22)26-10-6-7-11-27(26)30-33-31(37)38-34-30/h5-12,14-17,36H,3-4,13,18-20H2,1-2H3,(H,33,34,37). The minimum Gasteiger partial charge on any atom is -0.508 e. The predicted molar refractivity (Wildman–Crippen MR) is 150 cm³/mol. The van der Waals surface area contributed by atoms with Crippen LogP contribution in [0.4, 0.5) is 0 Å². The number of benzene rings is 3. The molecule has 5 rings (SSSR count). The lowest BCUT2D eigenvalue weighted by atomic mass is 9.97. The van der Waals surface area contributed by atoms with E-state index in [9.17, 15) is 9.90 Å². The van der Waals surface area contributed by atoms with Gasteiger partial charge in [0.15, 0.2) is 5.82 Å². The number of aliphatic imine (C=N–C) groups is 1. The van der Waals surface area contributed by atoms with Gasteiger partial charge < -0.3 is 10.0 Å². The minimum atomic E-state index is -0.571. The topological polar surface area (TPSA) is 94.7 Å². The first-order valence-electron chi connectivity index (χ1n) is 13.0. The lowest BCUT2D eigenvalue weighted by Gasteiger charge is -2.32. The third-order valence-corrected chi connectivity index (χ3v) is 6.97. The Morgan fingerprint density at radius 2 is 1.74 bits per heavy atom. The molecule has 194 valence electrons. The van der Waals surface area contributed by atoms with Crippen LogP contribution in [0.2, 0.25) is 0 Å². The van der Waals surface area contributed by atoms with E-state index >= 15 is 0 Å². The Balaban J connectivity index is 1.37. The number of H-pyrrole nitrogens is 1. The molecular formula is C31H32N4O3. The van der Waals surface area contributed by atoms with Crippen LogP contribution < -0.4 is 5.76 Å². The molecule has 0 amide bonds. The maximum absolute atomic E-state index is 11.5. The van der Waals surface area contributed by atoms with Crippen molar-refractivity contribution in [2.24, 2.45) is 4.99 Å². The van der Waals surface area contributed by atoms with Crippen LogP contribution in [0.5, 0.6) is 5.75 Å². The van der Waals surface area contributed by atoms with E-state index in [1.165, 1.54) is 11.1 Å². The van der Waals surface area contributed by atoms with Crippen molar-refractivity contribution in [2.45, 2.75) is 46.1 Å². The second-order valence-corrected chi connectivity index (χ2v) is 9.67. The molecule has 38 heavy (non-hydrogen) atoms. The van der Waals surface area contributed by atoms with Gasteiger partial charge in [-0.3, -0.25) is 9.51 Å². The molecule has 0 saturated heterocycles. The summed E-state index contributed by atoms with van der Waals surface area (Å²) in [7, 11) is 0. The summed E-state index contributed by atoms with van der Waals surface area (Å²) in [5.74, 6) is 1.29. The number of rotatable bonds is 9. The van der Waals surface area contributed by atoms with Crippen LogP contribution in [0, 0.1) is 0 Å². The molecule has 1 aliphatic heterocycles. The molecular weight excluding hydrogens is 476 g/mol. The van der Waals surface area contributed by atoms with Crippen molar-refractivity contribution in [2.75, 3.05) is 6.54 Å². The number of aromatic amines is 1. The number of hydrogen-bond acceptors (Lipinski definition) is 6. The van der Waals surface area contributed by atoms with Gasteiger partial charge in [-0.1, -0.05) is 85.2 Å². The Labute approximate surface area is 222 Å². The molecule has 0 unspecified atom stereocenters. The summed E-state index contributed by atoms with van der Waals surface area (Å²) in [6.45, 7) is 5.81.